The van der Waals surface area contributed by atoms with E-state index in [0.717, 1.165) is 31.5 Å². The summed E-state index contributed by atoms with van der Waals surface area (Å²) >= 11 is 0. The normalized spacial score (nSPS) is 16.9. The SMILES string of the molecule is Cc1ccc(-c2[nH]c(C3CCNCC3)nc2C(F)(F)F)cc1. The molecular formula is C16H18F3N3. The van der Waals surface area contributed by atoms with Gasteiger partial charge in [-0.3, -0.25) is 0 Å². The van der Waals surface area contributed by atoms with E-state index in [1.54, 1.807) is 24.3 Å². The van der Waals surface area contributed by atoms with Crippen molar-refractivity contribution >= 4 is 0 Å². The second kappa shape index (κ2) is 5.76. The number of hydrogen-bond donors (Lipinski definition) is 2. The van der Waals surface area contributed by atoms with Crippen molar-refractivity contribution in [3.8, 4) is 11.3 Å². The van der Waals surface area contributed by atoms with Crippen LogP contribution in [0.25, 0.3) is 11.3 Å². The summed E-state index contributed by atoms with van der Waals surface area (Å²) in [6.07, 6.45) is -2.85. The Labute approximate surface area is 127 Å². The lowest BCUT2D eigenvalue weighted by Crippen LogP contribution is -2.27. The van der Waals surface area contributed by atoms with Crippen LogP contribution >= 0.6 is 0 Å². The first-order valence-electron chi connectivity index (χ1n) is 7.40. The monoisotopic (exact) mass is 309 g/mol. The Morgan fingerprint density at radius 1 is 1.09 bits per heavy atom. The molecule has 0 spiro atoms. The van der Waals surface area contributed by atoms with Gasteiger partial charge >= 0.3 is 6.18 Å². The number of rotatable bonds is 2. The van der Waals surface area contributed by atoms with Gasteiger partial charge in [-0.05, 0) is 32.9 Å². The average molecular weight is 309 g/mol. The van der Waals surface area contributed by atoms with Crippen LogP contribution in [-0.4, -0.2) is 23.1 Å². The average Bonchev–Trinajstić information content (AvgIpc) is 2.94. The highest BCUT2D eigenvalue weighted by Gasteiger charge is 2.38. The van der Waals surface area contributed by atoms with Gasteiger partial charge in [0.1, 0.15) is 5.82 Å². The van der Waals surface area contributed by atoms with E-state index in [9.17, 15) is 13.2 Å². The van der Waals surface area contributed by atoms with E-state index in [0.29, 0.717) is 11.4 Å². The standard InChI is InChI=1S/C16H18F3N3/c1-10-2-4-11(5-3-10)13-14(16(17,18)19)22-15(21-13)12-6-8-20-9-7-12/h2-5,12,20H,6-9H2,1H3,(H,21,22). The molecule has 0 radical (unpaired) electrons. The predicted molar refractivity (Wildman–Crippen MR) is 78.6 cm³/mol. The van der Waals surface area contributed by atoms with Crippen LogP contribution in [0.1, 0.15) is 35.8 Å². The van der Waals surface area contributed by atoms with Gasteiger partial charge in [0.15, 0.2) is 5.69 Å². The van der Waals surface area contributed by atoms with E-state index in [2.05, 4.69) is 15.3 Å². The van der Waals surface area contributed by atoms with Crippen LogP contribution in [0.5, 0.6) is 0 Å². The fourth-order valence-electron chi connectivity index (χ4n) is 2.81. The van der Waals surface area contributed by atoms with Crippen LogP contribution in [0.3, 0.4) is 0 Å². The Hall–Kier alpha value is -1.82. The highest BCUT2D eigenvalue weighted by Crippen LogP contribution is 2.37. The summed E-state index contributed by atoms with van der Waals surface area (Å²) < 4.78 is 39.9. The number of benzene rings is 1. The maximum absolute atomic E-state index is 13.3. The molecule has 0 unspecified atom stereocenters. The molecule has 1 aromatic carbocycles. The summed E-state index contributed by atoms with van der Waals surface area (Å²) in [6, 6.07) is 7.01. The van der Waals surface area contributed by atoms with E-state index >= 15 is 0 Å². The van der Waals surface area contributed by atoms with Gasteiger partial charge in [-0.2, -0.15) is 13.2 Å². The molecule has 1 aromatic heterocycles. The molecule has 3 rings (SSSR count). The molecule has 3 nitrogen and oxygen atoms in total. The predicted octanol–water partition coefficient (Wildman–Crippen LogP) is 3.87. The van der Waals surface area contributed by atoms with Crippen molar-refractivity contribution in [1.82, 2.24) is 15.3 Å². The summed E-state index contributed by atoms with van der Waals surface area (Å²) in [6.45, 7) is 3.53. The molecule has 118 valence electrons. The third-order valence-electron chi connectivity index (χ3n) is 4.06. The Morgan fingerprint density at radius 3 is 2.32 bits per heavy atom. The first-order chi connectivity index (χ1) is 10.4. The molecule has 0 saturated carbocycles. The molecule has 2 N–H and O–H groups in total. The fourth-order valence-corrected chi connectivity index (χ4v) is 2.81. The molecular weight excluding hydrogens is 291 g/mol. The van der Waals surface area contributed by atoms with Crippen LogP contribution in [0.2, 0.25) is 0 Å². The quantitative estimate of drug-likeness (QED) is 0.884. The van der Waals surface area contributed by atoms with Crippen LogP contribution in [-0.2, 0) is 6.18 Å². The van der Waals surface area contributed by atoms with Gasteiger partial charge in [0.25, 0.3) is 0 Å². The number of aromatic amines is 1. The highest BCUT2D eigenvalue weighted by molar-refractivity contribution is 5.63. The number of H-pyrrole nitrogens is 1. The summed E-state index contributed by atoms with van der Waals surface area (Å²) in [7, 11) is 0. The number of aryl methyl sites for hydroxylation is 1. The van der Waals surface area contributed by atoms with Gasteiger partial charge in [-0.15, -0.1) is 0 Å². The van der Waals surface area contributed by atoms with Crippen molar-refractivity contribution < 1.29 is 13.2 Å². The van der Waals surface area contributed by atoms with Gasteiger partial charge in [0.05, 0.1) is 5.69 Å². The summed E-state index contributed by atoms with van der Waals surface area (Å²) in [5.74, 6) is 0.506. The number of halogens is 3. The maximum atomic E-state index is 13.3. The Balaban J connectivity index is 2.03. The molecule has 0 amide bonds. The van der Waals surface area contributed by atoms with Crippen molar-refractivity contribution in [1.29, 1.82) is 0 Å². The maximum Gasteiger partial charge on any atom is 0.435 e. The van der Waals surface area contributed by atoms with E-state index in [1.165, 1.54) is 0 Å². The minimum Gasteiger partial charge on any atom is -0.341 e. The van der Waals surface area contributed by atoms with Crippen molar-refractivity contribution in [3.63, 3.8) is 0 Å². The number of nitrogens with zero attached hydrogens (tertiary/aromatic N) is 1. The molecule has 22 heavy (non-hydrogen) atoms. The van der Waals surface area contributed by atoms with Crippen LogP contribution < -0.4 is 5.32 Å². The van der Waals surface area contributed by atoms with Gasteiger partial charge in [0, 0.05) is 11.5 Å². The molecule has 2 heterocycles. The third-order valence-corrected chi connectivity index (χ3v) is 4.06. The lowest BCUT2D eigenvalue weighted by Gasteiger charge is -2.20. The lowest BCUT2D eigenvalue weighted by atomic mass is 9.98. The van der Waals surface area contributed by atoms with E-state index in [-0.39, 0.29) is 11.6 Å². The fraction of sp³-hybridized carbons (Fsp3) is 0.438. The van der Waals surface area contributed by atoms with Gasteiger partial charge in [-0.1, -0.05) is 29.8 Å². The molecule has 6 heteroatoms. The summed E-state index contributed by atoms with van der Waals surface area (Å²) in [5.41, 5.74) is 0.784. The second-order valence-corrected chi connectivity index (χ2v) is 5.73. The van der Waals surface area contributed by atoms with Crippen molar-refractivity contribution in [2.24, 2.45) is 0 Å². The number of aromatic nitrogens is 2. The number of alkyl halides is 3. The first kappa shape index (κ1) is 15.1. The molecule has 1 saturated heterocycles. The number of nitrogens with one attached hydrogen (secondary N) is 2. The zero-order valence-corrected chi connectivity index (χ0v) is 12.3. The minimum absolute atomic E-state index is 0.0570. The first-order valence-corrected chi connectivity index (χ1v) is 7.40. The Morgan fingerprint density at radius 2 is 1.73 bits per heavy atom. The molecule has 1 aliphatic heterocycles. The van der Waals surface area contributed by atoms with E-state index in [4.69, 9.17) is 0 Å². The lowest BCUT2D eigenvalue weighted by molar-refractivity contribution is -0.140. The van der Waals surface area contributed by atoms with Crippen LogP contribution in [0.4, 0.5) is 13.2 Å². The number of hydrogen-bond acceptors (Lipinski definition) is 2. The minimum atomic E-state index is -4.46. The number of piperidine rings is 1. The van der Waals surface area contributed by atoms with Crippen molar-refractivity contribution in [3.05, 3.63) is 41.3 Å². The number of imidazole rings is 1. The molecule has 1 fully saturated rings. The molecule has 1 aliphatic rings. The van der Waals surface area contributed by atoms with E-state index in [1.807, 2.05) is 6.92 Å². The smallest absolute Gasteiger partial charge is 0.341 e. The van der Waals surface area contributed by atoms with Crippen LogP contribution in [0.15, 0.2) is 24.3 Å². The van der Waals surface area contributed by atoms with Crippen LogP contribution in [0, 0.1) is 6.92 Å². The van der Waals surface area contributed by atoms with E-state index < -0.39 is 11.9 Å². The molecule has 2 aromatic rings. The molecule has 0 bridgehead atoms. The van der Waals surface area contributed by atoms with Gasteiger partial charge < -0.3 is 10.3 Å². The third kappa shape index (κ3) is 3.02. The highest BCUT2D eigenvalue weighted by atomic mass is 19.4. The largest absolute Gasteiger partial charge is 0.435 e. The Kier molecular flexibility index (Phi) is 3.95. The zero-order valence-electron chi connectivity index (χ0n) is 12.3. The van der Waals surface area contributed by atoms with Gasteiger partial charge in [-0.25, -0.2) is 4.98 Å². The Bertz CT molecular complexity index is 638. The van der Waals surface area contributed by atoms with Gasteiger partial charge in [0.2, 0.25) is 0 Å². The summed E-state index contributed by atoms with van der Waals surface area (Å²) in [4.78, 5) is 6.83. The summed E-state index contributed by atoms with van der Waals surface area (Å²) in [5, 5.41) is 3.21. The second-order valence-electron chi connectivity index (χ2n) is 5.73. The zero-order chi connectivity index (χ0) is 15.7. The van der Waals surface area contributed by atoms with Crippen molar-refractivity contribution in [2.45, 2.75) is 31.9 Å². The topological polar surface area (TPSA) is 40.7 Å². The molecule has 0 atom stereocenters. The molecule has 0 aliphatic carbocycles. The van der Waals surface area contributed by atoms with Crippen molar-refractivity contribution in [2.75, 3.05) is 13.1 Å².